The number of pyridine rings is 1. The highest BCUT2D eigenvalue weighted by atomic mass is 32.2. The van der Waals surface area contributed by atoms with Crippen LogP contribution in [0.5, 0.6) is 0 Å². The van der Waals surface area contributed by atoms with Crippen LogP contribution in [0.2, 0.25) is 0 Å². The first-order valence-corrected chi connectivity index (χ1v) is 10.3. The predicted molar refractivity (Wildman–Crippen MR) is 99.3 cm³/mol. The van der Waals surface area contributed by atoms with Crippen LogP contribution in [-0.2, 0) is 10.0 Å². The number of sulfonamides is 1. The molecule has 7 heteroatoms. The second-order valence-electron chi connectivity index (χ2n) is 6.69. The number of nitrogens with one attached hydrogen (secondary N) is 2. The Balaban J connectivity index is 1.70. The fourth-order valence-corrected chi connectivity index (χ4v) is 4.81. The number of aromatic nitrogens is 1. The lowest BCUT2D eigenvalue weighted by atomic mass is 9.94. The molecule has 0 unspecified atom stereocenters. The highest BCUT2D eigenvalue weighted by Gasteiger charge is 2.20. The van der Waals surface area contributed by atoms with Gasteiger partial charge in [-0.3, -0.25) is 4.79 Å². The summed E-state index contributed by atoms with van der Waals surface area (Å²) in [6.45, 7) is 1.03. The number of hydrogen-bond donors (Lipinski definition) is 2. The van der Waals surface area contributed by atoms with E-state index in [2.05, 4.69) is 21.7 Å². The maximum absolute atomic E-state index is 12.7. The number of hydrogen-bond acceptors (Lipinski definition) is 4. The average Bonchev–Trinajstić information content (AvgIpc) is 2.62. The van der Waals surface area contributed by atoms with Crippen molar-refractivity contribution in [3.63, 3.8) is 0 Å². The lowest BCUT2D eigenvalue weighted by Crippen LogP contribution is -2.39. The molecule has 0 atom stereocenters. The Labute approximate surface area is 148 Å². The molecule has 0 saturated heterocycles. The molecule has 1 fully saturated rings. The third-order valence-electron chi connectivity index (χ3n) is 5.02. The van der Waals surface area contributed by atoms with Crippen molar-refractivity contribution < 1.29 is 8.42 Å². The summed E-state index contributed by atoms with van der Waals surface area (Å²) in [5.41, 5.74) is -0.286. The molecular weight excluding hydrogens is 338 g/mol. The molecule has 1 heterocycles. The fraction of sp³-hybridized carbons (Fsp3) is 0.500. The number of nitrogens with zero attached hydrogens (tertiary/aromatic N) is 1. The van der Waals surface area contributed by atoms with Crippen molar-refractivity contribution in [2.24, 2.45) is 0 Å². The summed E-state index contributed by atoms with van der Waals surface area (Å²) in [4.78, 5) is 16.8. The fourth-order valence-electron chi connectivity index (χ4n) is 3.57. The minimum Gasteiger partial charge on any atom is -0.329 e. The molecular formula is C18H25N3O3S. The van der Waals surface area contributed by atoms with Gasteiger partial charge in [0.1, 0.15) is 0 Å². The van der Waals surface area contributed by atoms with E-state index in [0.717, 1.165) is 0 Å². The number of rotatable bonds is 6. The Kier molecular flexibility index (Phi) is 5.56. The number of fused-ring (bicyclic) bond motifs is 1. The second kappa shape index (κ2) is 7.68. The van der Waals surface area contributed by atoms with Crippen LogP contribution in [0.1, 0.15) is 32.1 Å². The second-order valence-corrected chi connectivity index (χ2v) is 8.43. The van der Waals surface area contributed by atoms with Crippen molar-refractivity contribution in [2.75, 3.05) is 20.1 Å². The first kappa shape index (κ1) is 18.1. The molecule has 136 valence electrons. The molecule has 0 spiro atoms. The van der Waals surface area contributed by atoms with E-state index in [9.17, 15) is 13.2 Å². The molecule has 6 nitrogen and oxygen atoms in total. The van der Waals surface area contributed by atoms with Gasteiger partial charge >= 0.3 is 0 Å². The molecule has 2 N–H and O–H groups in total. The van der Waals surface area contributed by atoms with Crippen LogP contribution in [0.3, 0.4) is 0 Å². The molecule has 1 aromatic heterocycles. The molecule has 1 aromatic carbocycles. The highest BCUT2D eigenvalue weighted by Crippen LogP contribution is 2.22. The van der Waals surface area contributed by atoms with E-state index in [-0.39, 0.29) is 10.5 Å². The molecule has 0 radical (unpaired) electrons. The quantitative estimate of drug-likeness (QED) is 0.823. The molecule has 0 amide bonds. The SMILES string of the molecule is CN(CCNS(=O)(=O)c1cccc2c(=O)[nH]ccc12)C1CCCCC1. The molecule has 1 aliphatic rings. The third kappa shape index (κ3) is 4.11. The van der Waals surface area contributed by atoms with E-state index in [1.165, 1.54) is 44.4 Å². The van der Waals surface area contributed by atoms with Crippen LogP contribution in [0.15, 0.2) is 40.2 Å². The van der Waals surface area contributed by atoms with Gasteiger partial charge in [0.15, 0.2) is 0 Å². The number of aromatic amines is 1. The van der Waals surface area contributed by atoms with Crippen molar-refractivity contribution in [3.05, 3.63) is 40.8 Å². The number of benzene rings is 1. The van der Waals surface area contributed by atoms with E-state index in [0.29, 0.717) is 29.9 Å². The maximum Gasteiger partial charge on any atom is 0.255 e. The van der Waals surface area contributed by atoms with Gasteiger partial charge in [-0.2, -0.15) is 0 Å². The van der Waals surface area contributed by atoms with Gasteiger partial charge in [-0.25, -0.2) is 13.1 Å². The Morgan fingerprint density at radius 3 is 2.68 bits per heavy atom. The topological polar surface area (TPSA) is 82.3 Å². The molecule has 3 rings (SSSR count). The van der Waals surface area contributed by atoms with Gasteiger partial charge in [0.25, 0.3) is 5.56 Å². The smallest absolute Gasteiger partial charge is 0.255 e. The Bertz CT molecular complexity index is 886. The zero-order valence-corrected chi connectivity index (χ0v) is 15.3. The van der Waals surface area contributed by atoms with Crippen LogP contribution in [0.4, 0.5) is 0 Å². The molecule has 1 aliphatic carbocycles. The summed E-state index contributed by atoms with van der Waals surface area (Å²) in [5, 5.41) is 0.823. The van der Waals surface area contributed by atoms with E-state index in [1.54, 1.807) is 18.2 Å². The monoisotopic (exact) mass is 363 g/mol. The van der Waals surface area contributed by atoms with Gasteiger partial charge in [-0.15, -0.1) is 0 Å². The van der Waals surface area contributed by atoms with Crippen molar-refractivity contribution in [2.45, 2.75) is 43.0 Å². The van der Waals surface area contributed by atoms with Crippen LogP contribution in [0.25, 0.3) is 10.8 Å². The van der Waals surface area contributed by atoms with Crippen molar-refractivity contribution in [1.82, 2.24) is 14.6 Å². The molecule has 0 aliphatic heterocycles. The summed E-state index contributed by atoms with van der Waals surface area (Å²) in [5.74, 6) is 0. The predicted octanol–water partition coefficient (Wildman–Crippen LogP) is 2.07. The van der Waals surface area contributed by atoms with E-state index >= 15 is 0 Å². The van der Waals surface area contributed by atoms with Crippen LogP contribution < -0.4 is 10.3 Å². The van der Waals surface area contributed by atoms with Crippen molar-refractivity contribution >= 4 is 20.8 Å². The zero-order valence-electron chi connectivity index (χ0n) is 14.5. The van der Waals surface area contributed by atoms with E-state index < -0.39 is 10.0 Å². The maximum atomic E-state index is 12.7. The summed E-state index contributed by atoms with van der Waals surface area (Å²) in [7, 11) is -1.60. The van der Waals surface area contributed by atoms with Gasteiger partial charge in [0, 0.05) is 36.1 Å². The van der Waals surface area contributed by atoms with Gasteiger partial charge in [-0.05, 0) is 38.1 Å². The summed E-state index contributed by atoms with van der Waals surface area (Å²) in [6.07, 6.45) is 7.67. The minimum atomic E-state index is -3.66. The van der Waals surface area contributed by atoms with Crippen molar-refractivity contribution in [1.29, 1.82) is 0 Å². The van der Waals surface area contributed by atoms with Gasteiger partial charge in [0.05, 0.1) is 4.90 Å². The Hall–Kier alpha value is -1.70. The molecule has 2 aromatic rings. The number of H-pyrrole nitrogens is 1. The first-order chi connectivity index (χ1) is 12.0. The van der Waals surface area contributed by atoms with Crippen LogP contribution in [0, 0.1) is 0 Å². The lowest BCUT2D eigenvalue weighted by molar-refractivity contribution is 0.195. The molecule has 1 saturated carbocycles. The van der Waals surface area contributed by atoms with Crippen LogP contribution >= 0.6 is 0 Å². The minimum absolute atomic E-state index is 0.149. The summed E-state index contributed by atoms with van der Waals surface area (Å²) < 4.78 is 28.0. The highest BCUT2D eigenvalue weighted by molar-refractivity contribution is 7.89. The standard InChI is InChI=1S/C18H25N3O3S/c1-21(14-6-3-2-4-7-14)13-12-20-25(23,24)17-9-5-8-16-15(17)10-11-19-18(16)22/h5,8-11,14,20H,2-4,6-7,12-13H2,1H3,(H,19,22). The van der Waals surface area contributed by atoms with E-state index in [4.69, 9.17) is 0 Å². The molecule has 0 bridgehead atoms. The molecule has 25 heavy (non-hydrogen) atoms. The number of likely N-dealkylation sites (N-methyl/N-ethyl adjacent to an activating group) is 1. The Morgan fingerprint density at radius 2 is 1.92 bits per heavy atom. The van der Waals surface area contributed by atoms with Crippen LogP contribution in [-0.4, -0.2) is 44.5 Å². The normalized spacial score (nSPS) is 16.6. The zero-order chi connectivity index (χ0) is 17.9. The lowest BCUT2D eigenvalue weighted by Gasteiger charge is -2.31. The average molecular weight is 363 g/mol. The van der Waals surface area contributed by atoms with E-state index in [1.807, 2.05) is 0 Å². The van der Waals surface area contributed by atoms with Gasteiger partial charge in [0.2, 0.25) is 10.0 Å². The van der Waals surface area contributed by atoms with Crippen molar-refractivity contribution in [3.8, 4) is 0 Å². The third-order valence-corrected chi connectivity index (χ3v) is 6.54. The van der Waals surface area contributed by atoms with Gasteiger partial charge in [-0.1, -0.05) is 25.3 Å². The van der Waals surface area contributed by atoms with Gasteiger partial charge < -0.3 is 9.88 Å². The summed E-state index contributed by atoms with van der Waals surface area (Å²) >= 11 is 0. The Morgan fingerprint density at radius 1 is 1.16 bits per heavy atom. The largest absolute Gasteiger partial charge is 0.329 e. The summed E-state index contributed by atoms with van der Waals surface area (Å²) in [6, 6.07) is 6.94. The first-order valence-electron chi connectivity index (χ1n) is 8.79.